The lowest BCUT2D eigenvalue weighted by Crippen LogP contribution is -2.36. The number of carbonyl (C=O) groups is 1. The molecule has 1 fully saturated rings. The van der Waals surface area contributed by atoms with Crippen molar-refractivity contribution in [2.24, 2.45) is 11.3 Å². The Balaban J connectivity index is 0.000000791. The van der Waals surface area contributed by atoms with Crippen LogP contribution in [0.5, 0.6) is 0 Å². The first kappa shape index (κ1) is 13.4. The van der Waals surface area contributed by atoms with Gasteiger partial charge in [-0.05, 0) is 18.8 Å². The van der Waals surface area contributed by atoms with E-state index in [0.717, 1.165) is 12.8 Å². The lowest BCUT2D eigenvalue weighted by atomic mass is 10.1. The van der Waals surface area contributed by atoms with Crippen LogP contribution in [0.3, 0.4) is 0 Å². The Kier molecular flexibility index (Phi) is 5.77. The average Bonchev–Trinajstić information content (AvgIpc) is 2.98. The molecular formula is C11H23NO2. The van der Waals surface area contributed by atoms with Gasteiger partial charge in [-0.25, -0.2) is 0 Å². The summed E-state index contributed by atoms with van der Waals surface area (Å²) in [7, 11) is 0. The van der Waals surface area contributed by atoms with Crippen molar-refractivity contribution < 1.29 is 9.90 Å². The maximum absolute atomic E-state index is 11.4. The highest BCUT2D eigenvalue weighted by Gasteiger charge is 2.49. The molecular weight excluding hydrogens is 178 g/mol. The minimum atomic E-state index is -0.408. The normalized spacial score (nSPS) is 17.0. The van der Waals surface area contributed by atoms with Crippen molar-refractivity contribution in [3.8, 4) is 0 Å². The molecule has 0 bridgehead atoms. The van der Waals surface area contributed by atoms with Crippen LogP contribution in [0.15, 0.2) is 0 Å². The molecule has 3 heteroatoms. The van der Waals surface area contributed by atoms with Crippen molar-refractivity contribution in [2.75, 3.05) is 13.2 Å². The van der Waals surface area contributed by atoms with E-state index in [1.807, 2.05) is 13.8 Å². The summed E-state index contributed by atoms with van der Waals surface area (Å²) in [4.78, 5) is 11.4. The van der Waals surface area contributed by atoms with E-state index in [-0.39, 0.29) is 12.5 Å². The van der Waals surface area contributed by atoms with E-state index in [0.29, 0.717) is 12.5 Å². The predicted octanol–water partition coefficient (Wildman–Crippen LogP) is 1.56. The Morgan fingerprint density at radius 1 is 1.43 bits per heavy atom. The van der Waals surface area contributed by atoms with E-state index in [2.05, 4.69) is 19.2 Å². The first-order valence-corrected chi connectivity index (χ1v) is 5.50. The number of hydrogen-bond acceptors (Lipinski definition) is 2. The lowest BCUT2D eigenvalue weighted by Gasteiger charge is -2.13. The fraction of sp³-hybridized carbons (Fsp3) is 0.909. The van der Waals surface area contributed by atoms with E-state index >= 15 is 0 Å². The molecule has 0 aliphatic heterocycles. The van der Waals surface area contributed by atoms with Crippen molar-refractivity contribution >= 4 is 5.91 Å². The first-order chi connectivity index (χ1) is 6.60. The highest BCUT2D eigenvalue weighted by atomic mass is 16.3. The first-order valence-electron chi connectivity index (χ1n) is 5.50. The van der Waals surface area contributed by atoms with Gasteiger partial charge in [-0.2, -0.15) is 0 Å². The van der Waals surface area contributed by atoms with Gasteiger partial charge in [0.2, 0.25) is 5.91 Å². The van der Waals surface area contributed by atoms with Gasteiger partial charge in [0.1, 0.15) is 0 Å². The molecule has 0 unspecified atom stereocenters. The third-order valence-corrected chi connectivity index (χ3v) is 2.31. The molecule has 0 atom stereocenters. The monoisotopic (exact) mass is 201 g/mol. The van der Waals surface area contributed by atoms with E-state index < -0.39 is 5.41 Å². The summed E-state index contributed by atoms with van der Waals surface area (Å²) in [5, 5.41) is 11.8. The summed E-state index contributed by atoms with van der Waals surface area (Å²) < 4.78 is 0. The number of hydrogen-bond donors (Lipinski definition) is 2. The number of nitrogens with one attached hydrogen (secondary N) is 1. The van der Waals surface area contributed by atoms with E-state index in [1.165, 1.54) is 0 Å². The van der Waals surface area contributed by atoms with Crippen molar-refractivity contribution in [2.45, 2.75) is 40.5 Å². The number of aliphatic hydroxyl groups excluding tert-OH is 1. The van der Waals surface area contributed by atoms with Crippen molar-refractivity contribution in [1.82, 2.24) is 5.32 Å². The van der Waals surface area contributed by atoms with Gasteiger partial charge in [-0.3, -0.25) is 4.79 Å². The van der Waals surface area contributed by atoms with E-state index in [1.54, 1.807) is 0 Å². The molecule has 0 saturated heterocycles. The summed E-state index contributed by atoms with van der Waals surface area (Å²) in [6, 6.07) is 0. The summed E-state index contributed by atoms with van der Waals surface area (Å²) in [6.45, 7) is 8.81. The van der Waals surface area contributed by atoms with Gasteiger partial charge >= 0.3 is 0 Å². The van der Waals surface area contributed by atoms with Gasteiger partial charge in [0.05, 0.1) is 12.0 Å². The molecule has 2 N–H and O–H groups in total. The van der Waals surface area contributed by atoms with Crippen LogP contribution in [-0.4, -0.2) is 24.2 Å². The van der Waals surface area contributed by atoms with Crippen molar-refractivity contribution in [3.05, 3.63) is 0 Å². The van der Waals surface area contributed by atoms with Crippen LogP contribution < -0.4 is 5.32 Å². The fourth-order valence-electron chi connectivity index (χ4n) is 1.09. The maximum atomic E-state index is 11.4. The molecule has 0 heterocycles. The summed E-state index contributed by atoms with van der Waals surface area (Å²) in [5.74, 6) is 0.502. The van der Waals surface area contributed by atoms with Crippen LogP contribution in [0, 0.1) is 11.3 Å². The molecule has 0 radical (unpaired) electrons. The molecule has 1 saturated carbocycles. The van der Waals surface area contributed by atoms with Gasteiger partial charge in [0.25, 0.3) is 0 Å². The maximum Gasteiger partial charge on any atom is 0.228 e. The Bertz CT molecular complexity index is 174. The van der Waals surface area contributed by atoms with Gasteiger partial charge in [-0.1, -0.05) is 27.7 Å². The minimum Gasteiger partial charge on any atom is -0.395 e. The van der Waals surface area contributed by atoms with Crippen LogP contribution in [0.25, 0.3) is 0 Å². The smallest absolute Gasteiger partial charge is 0.228 e. The Morgan fingerprint density at radius 3 is 2.21 bits per heavy atom. The lowest BCUT2D eigenvalue weighted by molar-refractivity contribution is -0.127. The molecule has 1 amide bonds. The van der Waals surface area contributed by atoms with Crippen LogP contribution >= 0.6 is 0 Å². The van der Waals surface area contributed by atoms with Gasteiger partial charge in [-0.15, -0.1) is 0 Å². The molecule has 0 aromatic rings. The molecule has 0 spiro atoms. The number of amides is 1. The topological polar surface area (TPSA) is 49.3 Å². The molecule has 84 valence electrons. The summed E-state index contributed by atoms with van der Waals surface area (Å²) in [5.41, 5.74) is -0.408. The minimum absolute atomic E-state index is 0.00305. The fourth-order valence-corrected chi connectivity index (χ4v) is 1.09. The zero-order chi connectivity index (χ0) is 11.2. The third kappa shape index (κ3) is 3.66. The van der Waals surface area contributed by atoms with Crippen molar-refractivity contribution in [3.63, 3.8) is 0 Å². The van der Waals surface area contributed by atoms with Gasteiger partial charge in [0, 0.05) is 6.54 Å². The zero-order valence-corrected chi connectivity index (χ0v) is 9.76. The zero-order valence-electron chi connectivity index (χ0n) is 9.76. The molecule has 14 heavy (non-hydrogen) atoms. The highest BCUT2D eigenvalue weighted by molar-refractivity contribution is 5.85. The molecule has 0 aromatic carbocycles. The van der Waals surface area contributed by atoms with Gasteiger partial charge in [0.15, 0.2) is 0 Å². The standard InChI is InChI=1S/C9H17NO2.C2H6/c1-7(2)5-10-8(12)9(6-11)3-4-9;1-2/h7,11H,3-6H2,1-2H3,(H,10,12);1-2H3. The van der Waals surface area contributed by atoms with Gasteiger partial charge < -0.3 is 10.4 Å². The largest absolute Gasteiger partial charge is 0.395 e. The second-order valence-electron chi connectivity index (χ2n) is 4.04. The average molecular weight is 201 g/mol. The quantitative estimate of drug-likeness (QED) is 0.725. The third-order valence-electron chi connectivity index (χ3n) is 2.31. The van der Waals surface area contributed by atoms with Crippen LogP contribution in [0.4, 0.5) is 0 Å². The second kappa shape index (κ2) is 6.02. The van der Waals surface area contributed by atoms with Crippen LogP contribution in [0.2, 0.25) is 0 Å². The number of carbonyl (C=O) groups excluding carboxylic acids is 1. The number of rotatable bonds is 4. The van der Waals surface area contributed by atoms with Crippen LogP contribution in [-0.2, 0) is 4.79 Å². The highest BCUT2D eigenvalue weighted by Crippen LogP contribution is 2.45. The number of aliphatic hydroxyl groups is 1. The molecule has 1 aliphatic rings. The molecule has 0 aromatic heterocycles. The Labute approximate surface area is 86.9 Å². The van der Waals surface area contributed by atoms with Crippen LogP contribution in [0.1, 0.15) is 40.5 Å². The summed E-state index contributed by atoms with van der Waals surface area (Å²) in [6.07, 6.45) is 1.68. The van der Waals surface area contributed by atoms with Crippen molar-refractivity contribution in [1.29, 1.82) is 0 Å². The Morgan fingerprint density at radius 2 is 1.93 bits per heavy atom. The second-order valence-corrected chi connectivity index (χ2v) is 4.04. The SMILES string of the molecule is CC.CC(C)CNC(=O)C1(CO)CC1. The summed E-state index contributed by atoms with van der Waals surface area (Å²) >= 11 is 0. The Hall–Kier alpha value is -0.570. The molecule has 1 aliphatic carbocycles. The van der Waals surface area contributed by atoms with E-state index in [9.17, 15) is 4.79 Å². The van der Waals surface area contributed by atoms with E-state index in [4.69, 9.17) is 5.11 Å². The molecule has 1 rings (SSSR count). The molecule has 3 nitrogen and oxygen atoms in total. The predicted molar refractivity (Wildman–Crippen MR) is 57.9 cm³/mol.